The van der Waals surface area contributed by atoms with Crippen molar-refractivity contribution in [2.45, 2.75) is 46.1 Å². The molecule has 3 N–H and O–H groups in total. The van der Waals surface area contributed by atoms with Crippen LogP contribution < -0.4 is 11.1 Å². The van der Waals surface area contributed by atoms with Gasteiger partial charge in [-0.1, -0.05) is 19.9 Å². The molecule has 2 aliphatic heterocycles. The first-order valence-corrected chi connectivity index (χ1v) is 7.78. The number of nitrogens with one attached hydrogen (secondary N) is 1. The molecule has 0 bridgehead atoms. The zero-order chi connectivity index (χ0) is 14.8. The SMILES string of the molecule is C/C=C/C(N)=C1\CNCCC1=NC1CCOCC1.CC. The molecule has 0 spiro atoms. The molecule has 4 nitrogen and oxygen atoms in total. The molecule has 0 saturated carbocycles. The average Bonchev–Trinajstić information content (AvgIpc) is 2.51. The first kappa shape index (κ1) is 16.9. The Balaban J connectivity index is 0.000000956. The van der Waals surface area contributed by atoms with Crippen LogP contribution in [0.25, 0.3) is 0 Å². The van der Waals surface area contributed by atoms with Gasteiger partial charge in [-0.05, 0) is 25.8 Å². The van der Waals surface area contributed by atoms with Gasteiger partial charge in [-0.3, -0.25) is 4.99 Å². The van der Waals surface area contributed by atoms with E-state index in [1.807, 2.05) is 32.9 Å². The molecule has 20 heavy (non-hydrogen) atoms. The molecule has 2 heterocycles. The van der Waals surface area contributed by atoms with Crippen molar-refractivity contribution >= 4 is 5.71 Å². The van der Waals surface area contributed by atoms with Crippen molar-refractivity contribution in [2.24, 2.45) is 10.7 Å². The second-order valence-electron chi connectivity index (χ2n) is 4.78. The molecule has 0 aromatic rings. The molecule has 2 fully saturated rings. The molecule has 0 amide bonds. The van der Waals surface area contributed by atoms with Gasteiger partial charge >= 0.3 is 0 Å². The number of piperidine rings is 1. The van der Waals surface area contributed by atoms with E-state index in [0.717, 1.165) is 51.3 Å². The van der Waals surface area contributed by atoms with Gasteiger partial charge in [0.2, 0.25) is 0 Å². The number of nitrogens with zero attached hydrogens (tertiary/aromatic N) is 1. The highest BCUT2D eigenvalue weighted by molar-refractivity contribution is 6.02. The molecule has 0 aliphatic carbocycles. The highest BCUT2D eigenvalue weighted by Gasteiger charge is 2.19. The fourth-order valence-corrected chi connectivity index (χ4v) is 2.40. The van der Waals surface area contributed by atoms with Crippen LogP contribution in [0.3, 0.4) is 0 Å². The van der Waals surface area contributed by atoms with E-state index in [2.05, 4.69) is 5.32 Å². The van der Waals surface area contributed by atoms with Crippen LogP contribution in [0.15, 0.2) is 28.4 Å². The summed E-state index contributed by atoms with van der Waals surface area (Å²) in [6, 6.07) is 0.417. The highest BCUT2D eigenvalue weighted by atomic mass is 16.5. The standard InChI is InChI=1S/C14H23N3O.C2H6/c1-2-3-13(15)12-10-16-7-4-14(12)17-11-5-8-18-9-6-11;1-2/h2-3,11,16H,4-10,15H2,1H3;1-2H3/b3-2+,13-12-,17-14?;. The maximum atomic E-state index is 6.10. The summed E-state index contributed by atoms with van der Waals surface area (Å²) in [7, 11) is 0. The van der Waals surface area contributed by atoms with Crippen molar-refractivity contribution in [3.8, 4) is 0 Å². The number of rotatable bonds is 2. The lowest BCUT2D eigenvalue weighted by Gasteiger charge is -2.24. The van der Waals surface area contributed by atoms with Crippen LogP contribution in [0.1, 0.15) is 40.0 Å². The van der Waals surface area contributed by atoms with E-state index in [1.165, 1.54) is 11.3 Å². The second kappa shape index (κ2) is 9.72. The van der Waals surface area contributed by atoms with Gasteiger partial charge in [-0.15, -0.1) is 0 Å². The zero-order valence-corrected chi connectivity index (χ0v) is 13.1. The van der Waals surface area contributed by atoms with Crippen molar-refractivity contribution in [3.63, 3.8) is 0 Å². The molecule has 2 rings (SSSR count). The predicted molar refractivity (Wildman–Crippen MR) is 86.1 cm³/mol. The Hall–Kier alpha value is -1.13. The minimum Gasteiger partial charge on any atom is -0.398 e. The summed E-state index contributed by atoms with van der Waals surface area (Å²) < 4.78 is 5.37. The van der Waals surface area contributed by atoms with Gasteiger partial charge < -0.3 is 15.8 Å². The second-order valence-corrected chi connectivity index (χ2v) is 4.78. The zero-order valence-electron chi connectivity index (χ0n) is 13.1. The van der Waals surface area contributed by atoms with E-state index < -0.39 is 0 Å². The predicted octanol–water partition coefficient (Wildman–Crippen LogP) is 2.41. The molecule has 0 atom stereocenters. The number of allylic oxidation sites excluding steroid dienone is 2. The van der Waals surface area contributed by atoms with Crippen LogP contribution in [0, 0.1) is 0 Å². The number of hydrogen-bond acceptors (Lipinski definition) is 4. The third-order valence-corrected chi connectivity index (χ3v) is 3.41. The fraction of sp³-hybridized carbons (Fsp3) is 0.688. The number of nitrogens with two attached hydrogens (primary N) is 1. The summed E-state index contributed by atoms with van der Waals surface area (Å²) in [5.74, 6) is 0. The molecule has 0 unspecified atom stereocenters. The third-order valence-electron chi connectivity index (χ3n) is 3.41. The van der Waals surface area contributed by atoms with Gasteiger partial charge in [-0.25, -0.2) is 0 Å². The van der Waals surface area contributed by atoms with E-state index in [1.54, 1.807) is 0 Å². The monoisotopic (exact) mass is 279 g/mol. The maximum Gasteiger partial charge on any atom is 0.0546 e. The van der Waals surface area contributed by atoms with Gasteiger partial charge in [0.1, 0.15) is 0 Å². The average molecular weight is 279 g/mol. The first-order valence-electron chi connectivity index (χ1n) is 7.78. The summed E-state index contributed by atoms with van der Waals surface area (Å²) in [6.45, 7) is 9.48. The lowest BCUT2D eigenvalue weighted by atomic mass is 10.00. The Morgan fingerprint density at radius 3 is 2.70 bits per heavy atom. The molecule has 0 radical (unpaired) electrons. The summed E-state index contributed by atoms with van der Waals surface area (Å²) >= 11 is 0. The quantitative estimate of drug-likeness (QED) is 0.816. The lowest BCUT2D eigenvalue weighted by molar-refractivity contribution is 0.0870. The van der Waals surface area contributed by atoms with Crippen molar-refractivity contribution in [1.29, 1.82) is 0 Å². The molecule has 114 valence electrons. The molecule has 0 aromatic heterocycles. The molecule has 2 saturated heterocycles. The van der Waals surface area contributed by atoms with Crippen LogP contribution in [0.5, 0.6) is 0 Å². The van der Waals surface area contributed by atoms with Gasteiger partial charge in [0.25, 0.3) is 0 Å². The normalized spacial score (nSPS) is 25.4. The van der Waals surface area contributed by atoms with Gasteiger partial charge in [-0.2, -0.15) is 0 Å². The Morgan fingerprint density at radius 1 is 1.35 bits per heavy atom. The Kier molecular flexibility index (Phi) is 8.23. The van der Waals surface area contributed by atoms with Crippen molar-refractivity contribution < 1.29 is 4.74 Å². The van der Waals surface area contributed by atoms with E-state index in [4.69, 9.17) is 15.5 Å². The minimum absolute atomic E-state index is 0.417. The Morgan fingerprint density at radius 2 is 2.05 bits per heavy atom. The van der Waals surface area contributed by atoms with Gasteiger partial charge in [0.05, 0.1) is 6.04 Å². The van der Waals surface area contributed by atoms with Crippen LogP contribution in [-0.2, 0) is 4.74 Å². The van der Waals surface area contributed by atoms with E-state index in [0.29, 0.717) is 6.04 Å². The summed E-state index contributed by atoms with van der Waals surface area (Å²) in [5.41, 5.74) is 9.31. The smallest absolute Gasteiger partial charge is 0.0546 e. The summed E-state index contributed by atoms with van der Waals surface area (Å²) in [4.78, 5) is 4.90. The minimum atomic E-state index is 0.417. The summed E-state index contributed by atoms with van der Waals surface area (Å²) in [5, 5.41) is 3.36. The van der Waals surface area contributed by atoms with E-state index >= 15 is 0 Å². The third kappa shape index (κ3) is 5.10. The van der Waals surface area contributed by atoms with Crippen LogP contribution in [0.2, 0.25) is 0 Å². The topological polar surface area (TPSA) is 59.6 Å². The van der Waals surface area contributed by atoms with E-state index in [-0.39, 0.29) is 0 Å². The van der Waals surface area contributed by atoms with Crippen LogP contribution in [0.4, 0.5) is 0 Å². The number of ether oxygens (including phenoxy) is 1. The Bertz CT molecular complexity index is 366. The molecule has 4 heteroatoms. The van der Waals surface area contributed by atoms with Crippen molar-refractivity contribution in [3.05, 3.63) is 23.4 Å². The molecular weight excluding hydrogens is 250 g/mol. The van der Waals surface area contributed by atoms with Gasteiger partial charge in [0, 0.05) is 49.7 Å². The first-order chi connectivity index (χ1) is 9.81. The maximum absolute atomic E-state index is 6.10. The van der Waals surface area contributed by atoms with Gasteiger partial charge in [0.15, 0.2) is 0 Å². The Labute approximate surface area is 123 Å². The fourth-order valence-electron chi connectivity index (χ4n) is 2.40. The number of aliphatic imine (C=N–C) groups is 1. The van der Waals surface area contributed by atoms with Crippen molar-refractivity contribution in [1.82, 2.24) is 5.32 Å². The largest absolute Gasteiger partial charge is 0.398 e. The lowest BCUT2D eigenvalue weighted by Crippen LogP contribution is -2.34. The molecule has 0 aromatic carbocycles. The molecular formula is C16H29N3O. The van der Waals surface area contributed by atoms with Crippen LogP contribution >= 0.6 is 0 Å². The number of hydrogen-bond donors (Lipinski definition) is 2. The van der Waals surface area contributed by atoms with Crippen molar-refractivity contribution in [2.75, 3.05) is 26.3 Å². The summed E-state index contributed by atoms with van der Waals surface area (Å²) in [6.07, 6.45) is 6.98. The molecule has 2 aliphatic rings. The van der Waals surface area contributed by atoms with E-state index in [9.17, 15) is 0 Å². The highest BCUT2D eigenvalue weighted by Crippen LogP contribution is 2.16. The van der Waals surface area contributed by atoms with Crippen LogP contribution in [-0.4, -0.2) is 38.1 Å².